The highest BCUT2D eigenvalue weighted by atomic mass is 16.5. The van der Waals surface area contributed by atoms with Gasteiger partial charge in [-0.25, -0.2) is 4.79 Å². The second-order valence-electron chi connectivity index (χ2n) is 2.31. The lowest BCUT2D eigenvalue weighted by Gasteiger charge is -1.94. The monoisotopic (exact) mass is 211 g/mol. The van der Waals surface area contributed by atoms with E-state index >= 15 is 0 Å². The Labute approximate surface area is 88.6 Å². The first-order chi connectivity index (χ1) is 7.22. The van der Waals surface area contributed by atoms with Crippen LogP contribution in [-0.4, -0.2) is 12.1 Å². The summed E-state index contributed by atoms with van der Waals surface area (Å²) in [5, 5.41) is 0.519. The number of aromatic nitrogens is 1. The van der Waals surface area contributed by atoms with Gasteiger partial charge in [-0.05, 0) is 19.1 Å². The highest BCUT2D eigenvalue weighted by Crippen LogP contribution is 1.90. The van der Waals surface area contributed by atoms with Gasteiger partial charge in [-0.1, -0.05) is 20.4 Å². The molecule has 0 saturated carbocycles. The summed E-state index contributed by atoms with van der Waals surface area (Å²) in [6.45, 7) is 9.32. The molecule has 0 aliphatic carbocycles. The maximum atomic E-state index is 10.9. The molecule has 1 aromatic rings. The number of nitrogens with one attached hydrogen (secondary N) is 1. The van der Waals surface area contributed by atoms with Gasteiger partial charge in [-0.3, -0.25) is 4.98 Å². The molecule has 0 fully saturated rings. The fourth-order valence-corrected chi connectivity index (χ4v) is 1.01. The third-order valence-electron chi connectivity index (χ3n) is 1.59. The van der Waals surface area contributed by atoms with Gasteiger partial charge < -0.3 is 9.15 Å². The number of aromatic amines is 1. The quantitative estimate of drug-likeness (QED) is 0.784. The van der Waals surface area contributed by atoms with E-state index in [1.165, 1.54) is 13.2 Å². The van der Waals surface area contributed by atoms with Crippen molar-refractivity contribution in [1.29, 1.82) is 0 Å². The molecule has 0 spiro atoms. The molecule has 1 aromatic heterocycles. The van der Waals surface area contributed by atoms with Crippen molar-refractivity contribution in [2.24, 2.45) is 0 Å². The molecule has 0 amide bonds. The molecule has 0 bridgehead atoms. The lowest BCUT2D eigenvalue weighted by Crippen LogP contribution is -2.25. The minimum absolute atomic E-state index is 0.460. The topological polar surface area (TPSA) is 55.2 Å². The Morgan fingerprint density at radius 2 is 2.13 bits per heavy atom. The Balaban J connectivity index is 0.000000921. The molecular weight excluding hydrogens is 194 g/mol. The van der Waals surface area contributed by atoms with Gasteiger partial charge in [-0.15, -0.1) is 0 Å². The SMILES string of the molecule is C=C/C(OC)=c1/[nH]c(=O)o/c1=C/C.CC. The smallest absolute Gasteiger partial charge is 0.417 e. The zero-order chi connectivity index (χ0) is 11.8. The van der Waals surface area contributed by atoms with Crippen molar-refractivity contribution in [3.63, 3.8) is 0 Å². The van der Waals surface area contributed by atoms with Gasteiger partial charge in [0.25, 0.3) is 0 Å². The molecule has 0 aromatic carbocycles. The number of ether oxygens (including phenoxy) is 1. The Hall–Kier alpha value is -1.71. The number of H-pyrrole nitrogens is 1. The summed E-state index contributed by atoms with van der Waals surface area (Å²) < 4.78 is 9.82. The van der Waals surface area contributed by atoms with Crippen molar-refractivity contribution in [3.05, 3.63) is 34.0 Å². The van der Waals surface area contributed by atoms with E-state index in [1.54, 1.807) is 13.0 Å². The molecule has 0 aliphatic rings. The van der Waals surface area contributed by atoms with Crippen LogP contribution in [0.5, 0.6) is 0 Å². The molecule has 0 unspecified atom stereocenters. The third kappa shape index (κ3) is 3.16. The predicted octanol–water partition coefficient (Wildman–Crippen LogP) is 0.735. The normalized spacial score (nSPS) is 12.7. The van der Waals surface area contributed by atoms with Crippen LogP contribution in [0.15, 0.2) is 21.9 Å². The van der Waals surface area contributed by atoms with E-state index in [9.17, 15) is 4.79 Å². The van der Waals surface area contributed by atoms with Gasteiger partial charge in [0.05, 0.1) is 7.11 Å². The summed E-state index contributed by atoms with van der Waals surface area (Å²) in [5.41, 5.74) is 0.460. The number of hydrogen-bond acceptors (Lipinski definition) is 3. The van der Waals surface area contributed by atoms with E-state index in [0.717, 1.165) is 0 Å². The molecule has 0 atom stereocenters. The second-order valence-corrected chi connectivity index (χ2v) is 2.31. The zero-order valence-electron chi connectivity index (χ0n) is 9.59. The van der Waals surface area contributed by atoms with Gasteiger partial charge >= 0.3 is 5.76 Å². The minimum Gasteiger partial charge on any atom is -0.494 e. The van der Waals surface area contributed by atoms with Crippen LogP contribution in [0.4, 0.5) is 0 Å². The third-order valence-corrected chi connectivity index (χ3v) is 1.59. The van der Waals surface area contributed by atoms with Gasteiger partial charge in [0.2, 0.25) is 0 Å². The Kier molecular flexibility index (Phi) is 5.94. The molecule has 15 heavy (non-hydrogen) atoms. The lowest BCUT2D eigenvalue weighted by molar-refractivity contribution is 0.368. The van der Waals surface area contributed by atoms with Crippen LogP contribution in [-0.2, 0) is 4.74 Å². The van der Waals surface area contributed by atoms with Gasteiger partial charge in [0.1, 0.15) is 11.1 Å². The molecule has 84 valence electrons. The van der Waals surface area contributed by atoms with Crippen molar-refractivity contribution in [2.75, 3.05) is 7.11 Å². The van der Waals surface area contributed by atoms with Crippen molar-refractivity contribution in [1.82, 2.24) is 4.98 Å². The number of methoxy groups -OCH3 is 1. The van der Waals surface area contributed by atoms with E-state index in [2.05, 4.69) is 11.6 Å². The first kappa shape index (κ1) is 13.3. The average Bonchev–Trinajstić information content (AvgIpc) is 2.64. The van der Waals surface area contributed by atoms with Gasteiger partial charge in [0.15, 0.2) is 5.42 Å². The number of hydrogen-bond donors (Lipinski definition) is 1. The molecule has 1 rings (SSSR count). The molecule has 0 saturated heterocycles. The fraction of sp³-hybridized carbons (Fsp3) is 0.364. The summed E-state index contributed by atoms with van der Waals surface area (Å²) in [7, 11) is 1.50. The molecule has 4 nitrogen and oxygen atoms in total. The highest BCUT2D eigenvalue weighted by molar-refractivity contribution is 5.46. The summed E-state index contributed by atoms with van der Waals surface area (Å²) in [6.07, 6.45) is 3.18. The molecule has 1 N–H and O–H groups in total. The van der Waals surface area contributed by atoms with E-state index in [4.69, 9.17) is 9.15 Å². The van der Waals surface area contributed by atoms with Crippen LogP contribution in [0.1, 0.15) is 20.8 Å². The Morgan fingerprint density at radius 3 is 2.53 bits per heavy atom. The Morgan fingerprint density at radius 1 is 1.53 bits per heavy atom. The van der Waals surface area contributed by atoms with Crippen molar-refractivity contribution >= 4 is 11.8 Å². The summed E-state index contributed by atoms with van der Waals surface area (Å²) >= 11 is 0. The molecule has 4 heteroatoms. The predicted molar refractivity (Wildman–Crippen MR) is 60.7 cm³/mol. The first-order valence-electron chi connectivity index (χ1n) is 4.79. The molecule has 0 radical (unpaired) electrons. The van der Waals surface area contributed by atoms with Crippen LogP contribution in [0.2, 0.25) is 0 Å². The maximum Gasteiger partial charge on any atom is 0.417 e. The van der Waals surface area contributed by atoms with E-state index in [-0.39, 0.29) is 0 Å². The average molecular weight is 211 g/mol. The lowest BCUT2D eigenvalue weighted by atomic mass is 10.4. The largest absolute Gasteiger partial charge is 0.494 e. The second kappa shape index (κ2) is 6.70. The van der Waals surface area contributed by atoms with Crippen LogP contribution in [0.3, 0.4) is 0 Å². The summed E-state index contributed by atoms with van der Waals surface area (Å²) in [4.78, 5) is 13.4. The number of oxazole rings is 1. The van der Waals surface area contributed by atoms with Crippen LogP contribution < -0.4 is 16.5 Å². The molecule has 0 aliphatic heterocycles. The zero-order valence-corrected chi connectivity index (χ0v) is 9.59. The van der Waals surface area contributed by atoms with Crippen molar-refractivity contribution in [3.8, 4) is 0 Å². The Bertz CT molecular complexity index is 465. The molecule has 1 heterocycles. The summed E-state index contributed by atoms with van der Waals surface area (Å²) in [5.74, 6) is -0.0153. The van der Waals surface area contributed by atoms with Crippen LogP contribution in [0, 0.1) is 0 Å². The van der Waals surface area contributed by atoms with E-state index in [1.807, 2.05) is 13.8 Å². The highest BCUT2D eigenvalue weighted by Gasteiger charge is 1.98. The van der Waals surface area contributed by atoms with Gasteiger partial charge in [0, 0.05) is 0 Å². The van der Waals surface area contributed by atoms with Crippen molar-refractivity contribution < 1.29 is 9.15 Å². The minimum atomic E-state index is -0.500. The fourth-order valence-electron chi connectivity index (χ4n) is 1.01. The van der Waals surface area contributed by atoms with Gasteiger partial charge in [-0.2, -0.15) is 0 Å². The molecular formula is C11H17NO3. The number of rotatable bonds is 2. The standard InChI is InChI=1S/C9H11NO3.C2H6/c1-4-6(12-3)8-7(5-2)13-9(11)10-8;1-2/h4-5H,1H2,2-3H3,(H,10,11);1-2H3/b7-5+,8-6-;. The van der Waals surface area contributed by atoms with Crippen molar-refractivity contribution in [2.45, 2.75) is 20.8 Å². The van der Waals surface area contributed by atoms with Crippen LogP contribution in [0.25, 0.3) is 11.8 Å². The maximum absolute atomic E-state index is 10.9. The van der Waals surface area contributed by atoms with E-state index < -0.39 is 5.76 Å². The van der Waals surface area contributed by atoms with E-state index in [0.29, 0.717) is 16.5 Å². The first-order valence-corrected chi connectivity index (χ1v) is 4.79. The van der Waals surface area contributed by atoms with Crippen LogP contribution >= 0.6 is 0 Å². The summed E-state index contributed by atoms with van der Waals surface area (Å²) in [6, 6.07) is 0.